The van der Waals surface area contributed by atoms with Crippen molar-refractivity contribution in [3.05, 3.63) is 82.7 Å². The molecule has 2 amide bonds. The lowest BCUT2D eigenvalue weighted by atomic mass is 10.1. The number of halogens is 2. The van der Waals surface area contributed by atoms with Crippen LogP contribution in [0, 0.1) is 25.5 Å². The summed E-state index contributed by atoms with van der Waals surface area (Å²) in [6.07, 6.45) is 1.30. The summed E-state index contributed by atoms with van der Waals surface area (Å²) in [5.74, 6) is -2.50. The highest BCUT2D eigenvalue weighted by Crippen LogP contribution is 2.34. The molecule has 0 aliphatic carbocycles. The van der Waals surface area contributed by atoms with Gasteiger partial charge in [-0.15, -0.1) is 0 Å². The van der Waals surface area contributed by atoms with Crippen molar-refractivity contribution in [3.63, 3.8) is 0 Å². The Labute approximate surface area is 169 Å². The number of aromatic nitrogens is 3. The van der Waals surface area contributed by atoms with E-state index in [0.29, 0.717) is 16.8 Å². The van der Waals surface area contributed by atoms with E-state index >= 15 is 0 Å². The molecule has 0 unspecified atom stereocenters. The normalized spacial score (nSPS) is 13.4. The Morgan fingerprint density at radius 2 is 1.67 bits per heavy atom. The number of aryl methyl sites for hydroxylation is 2. The largest absolute Gasteiger partial charge is 0.268 e. The predicted octanol–water partition coefficient (Wildman–Crippen LogP) is 4.12. The molecule has 3 heterocycles. The van der Waals surface area contributed by atoms with Crippen LogP contribution in [0.25, 0.3) is 16.7 Å². The Bertz CT molecular complexity index is 1380. The molecule has 8 heteroatoms. The number of hydrogen-bond donors (Lipinski definition) is 0. The Morgan fingerprint density at radius 3 is 2.37 bits per heavy atom. The zero-order valence-corrected chi connectivity index (χ0v) is 16.0. The van der Waals surface area contributed by atoms with Gasteiger partial charge in [-0.25, -0.2) is 23.3 Å². The van der Waals surface area contributed by atoms with E-state index in [1.54, 1.807) is 19.1 Å². The number of carbonyl (C=O) groups is 2. The van der Waals surface area contributed by atoms with E-state index in [4.69, 9.17) is 0 Å². The molecular weight excluding hydrogens is 390 g/mol. The van der Waals surface area contributed by atoms with Crippen molar-refractivity contribution in [2.24, 2.45) is 0 Å². The Balaban J connectivity index is 1.72. The standard InChI is InChI=1S/C22H14F2N4O2/c1-11-3-6-14(7-4-11)27-21(29)15-10-25-20-18(19(15)22(27)30)12(2)26-28(20)17-8-5-13(23)9-16(17)24/h3-10H,1-2H3. The predicted molar refractivity (Wildman–Crippen MR) is 106 cm³/mol. The third kappa shape index (κ3) is 2.46. The van der Waals surface area contributed by atoms with E-state index in [1.165, 1.54) is 16.9 Å². The summed E-state index contributed by atoms with van der Waals surface area (Å²) < 4.78 is 28.9. The third-order valence-electron chi connectivity index (χ3n) is 5.15. The van der Waals surface area contributed by atoms with Crippen molar-refractivity contribution in [2.75, 3.05) is 4.90 Å². The molecule has 4 aromatic rings. The molecule has 6 nitrogen and oxygen atoms in total. The van der Waals surface area contributed by atoms with Gasteiger partial charge in [0.1, 0.15) is 11.5 Å². The van der Waals surface area contributed by atoms with Crippen molar-refractivity contribution in [1.82, 2.24) is 14.8 Å². The van der Waals surface area contributed by atoms with Gasteiger partial charge in [0, 0.05) is 12.3 Å². The molecule has 0 atom stereocenters. The van der Waals surface area contributed by atoms with E-state index in [9.17, 15) is 18.4 Å². The quantitative estimate of drug-likeness (QED) is 0.472. The van der Waals surface area contributed by atoms with Crippen LogP contribution in [0.15, 0.2) is 48.7 Å². The molecule has 0 fully saturated rings. The van der Waals surface area contributed by atoms with Crippen LogP contribution in [0.4, 0.5) is 14.5 Å². The summed E-state index contributed by atoms with van der Waals surface area (Å²) in [5, 5.41) is 4.67. The lowest BCUT2D eigenvalue weighted by molar-refractivity contribution is 0.0926. The monoisotopic (exact) mass is 404 g/mol. The molecule has 0 radical (unpaired) electrons. The SMILES string of the molecule is Cc1ccc(N2C(=O)c3cnc4c(c(C)nn4-c4ccc(F)cc4F)c3C2=O)cc1. The number of carbonyl (C=O) groups excluding carboxylic acids is 2. The van der Waals surface area contributed by atoms with Gasteiger partial charge in [0.25, 0.3) is 11.8 Å². The minimum absolute atomic E-state index is 0.00545. The van der Waals surface area contributed by atoms with E-state index in [0.717, 1.165) is 22.6 Å². The first kappa shape index (κ1) is 18.1. The first-order chi connectivity index (χ1) is 14.4. The molecule has 148 valence electrons. The number of amides is 2. The van der Waals surface area contributed by atoms with Gasteiger partial charge in [-0.05, 0) is 38.1 Å². The highest BCUT2D eigenvalue weighted by Gasteiger charge is 2.40. The number of rotatable bonds is 2. The molecule has 0 spiro atoms. The third-order valence-corrected chi connectivity index (χ3v) is 5.15. The minimum atomic E-state index is -0.814. The molecule has 30 heavy (non-hydrogen) atoms. The van der Waals surface area contributed by atoms with Gasteiger partial charge in [0.05, 0.1) is 27.9 Å². The smallest absolute Gasteiger partial charge is 0.267 e. The van der Waals surface area contributed by atoms with Crippen LogP contribution < -0.4 is 4.90 Å². The summed E-state index contributed by atoms with van der Waals surface area (Å²) in [4.78, 5) is 31.6. The second kappa shape index (κ2) is 6.28. The van der Waals surface area contributed by atoms with Crippen molar-refractivity contribution < 1.29 is 18.4 Å². The van der Waals surface area contributed by atoms with Crippen molar-refractivity contribution in [3.8, 4) is 5.69 Å². The molecule has 0 saturated carbocycles. The van der Waals surface area contributed by atoms with Gasteiger partial charge in [-0.2, -0.15) is 5.10 Å². The van der Waals surface area contributed by atoms with Crippen LogP contribution in [-0.2, 0) is 0 Å². The molecular formula is C22H14F2N4O2. The van der Waals surface area contributed by atoms with Gasteiger partial charge in [0.15, 0.2) is 11.5 Å². The molecule has 5 rings (SSSR count). The fourth-order valence-electron chi connectivity index (χ4n) is 3.71. The zero-order chi connectivity index (χ0) is 21.2. The van der Waals surface area contributed by atoms with E-state index < -0.39 is 23.4 Å². The highest BCUT2D eigenvalue weighted by molar-refractivity contribution is 6.37. The van der Waals surface area contributed by atoms with E-state index in [-0.39, 0.29) is 22.5 Å². The van der Waals surface area contributed by atoms with Gasteiger partial charge in [-0.3, -0.25) is 9.59 Å². The van der Waals surface area contributed by atoms with Crippen LogP contribution >= 0.6 is 0 Å². The summed E-state index contributed by atoms with van der Waals surface area (Å²) in [7, 11) is 0. The molecule has 2 aromatic heterocycles. The van der Waals surface area contributed by atoms with Crippen molar-refractivity contribution >= 4 is 28.5 Å². The van der Waals surface area contributed by atoms with Crippen LogP contribution in [-0.4, -0.2) is 26.6 Å². The molecule has 1 aliphatic heterocycles. The fraction of sp³-hybridized carbons (Fsp3) is 0.0909. The van der Waals surface area contributed by atoms with Crippen LogP contribution in [0.2, 0.25) is 0 Å². The maximum atomic E-state index is 14.3. The molecule has 2 aromatic carbocycles. The summed E-state index contributed by atoms with van der Waals surface area (Å²) >= 11 is 0. The number of anilines is 1. The Morgan fingerprint density at radius 1 is 0.933 bits per heavy atom. The second-order valence-corrected chi connectivity index (χ2v) is 7.12. The number of pyridine rings is 1. The zero-order valence-electron chi connectivity index (χ0n) is 16.0. The van der Waals surface area contributed by atoms with Gasteiger partial charge in [-0.1, -0.05) is 17.7 Å². The van der Waals surface area contributed by atoms with Crippen LogP contribution in [0.1, 0.15) is 32.0 Å². The van der Waals surface area contributed by atoms with Crippen LogP contribution in [0.5, 0.6) is 0 Å². The van der Waals surface area contributed by atoms with Gasteiger partial charge in [0.2, 0.25) is 0 Å². The van der Waals surface area contributed by atoms with E-state index in [1.807, 2.05) is 19.1 Å². The Hall–Kier alpha value is -3.94. The average Bonchev–Trinajstić information content (AvgIpc) is 3.17. The van der Waals surface area contributed by atoms with Crippen molar-refractivity contribution in [1.29, 1.82) is 0 Å². The molecule has 0 saturated heterocycles. The summed E-state index contributed by atoms with van der Waals surface area (Å²) in [6, 6.07) is 10.1. The molecule has 1 aliphatic rings. The first-order valence-electron chi connectivity index (χ1n) is 9.16. The summed E-state index contributed by atoms with van der Waals surface area (Å²) in [6.45, 7) is 3.56. The molecule has 0 N–H and O–H groups in total. The number of fused-ring (bicyclic) bond motifs is 3. The topological polar surface area (TPSA) is 68.1 Å². The van der Waals surface area contributed by atoms with Crippen molar-refractivity contribution in [2.45, 2.75) is 13.8 Å². The second-order valence-electron chi connectivity index (χ2n) is 7.12. The fourth-order valence-corrected chi connectivity index (χ4v) is 3.71. The Kier molecular flexibility index (Phi) is 3.79. The lowest BCUT2D eigenvalue weighted by Crippen LogP contribution is -2.29. The number of hydrogen-bond acceptors (Lipinski definition) is 4. The van der Waals surface area contributed by atoms with Gasteiger partial charge < -0.3 is 0 Å². The number of benzene rings is 2. The number of nitrogens with zero attached hydrogens (tertiary/aromatic N) is 4. The maximum Gasteiger partial charge on any atom is 0.267 e. The number of imide groups is 1. The van der Waals surface area contributed by atoms with Crippen LogP contribution in [0.3, 0.4) is 0 Å². The minimum Gasteiger partial charge on any atom is -0.268 e. The first-order valence-corrected chi connectivity index (χ1v) is 9.16. The maximum absolute atomic E-state index is 14.3. The van der Waals surface area contributed by atoms with E-state index in [2.05, 4.69) is 10.1 Å². The lowest BCUT2D eigenvalue weighted by Gasteiger charge is -2.13. The summed E-state index contributed by atoms with van der Waals surface area (Å²) in [5.41, 5.74) is 2.40. The molecule has 0 bridgehead atoms. The highest BCUT2D eigenvalue weighted by atomic mass is 19.1. The average molecular weight is 404 g/mol. The van der Waals surface area contributed by atoms with Gasteiger partial charge >= 0.3 is 0 Å².